The third kappa shape index (κ3) is 2.09. The van der Waals surface area contributed by atoms with E-state index in [1.165, 1.54) is 0 Å². The summed E-state index contributed by atoms with van der Waals surface area (Å²) in [5, 5.41) is 9.70. The number of rotatable bonds is 2. The molecule has 2 saturated heterocycles. The van der Waals surface area contributed by atoms with Gasteiger partial charge >= 0.3 is 5.97 Å². The molecule has 2 rings (SSSR count). The first-order chi connectivity index (χ1) is 7.49. The molecule has 2 fully saturated rings. The predicted octanol–water partition coefficient (Wildman–Crippen LogP) is 0.782. The van der Waals surface area contributed by atoms with E-state index >= 15 is 0 Å². The van der Waals surface area contributed by atoms with E-state index in [2.05, 4.69) is 11.9 Å². The van der Waals surface area contributed by atoms with Gasteiger partial charge in [0.25, 0.3) is 0 Å². The Kier molecular flexibility index (Phi) is 3.22. The van der Waals surface area contributed by atoms with Crippen molar-refractivity contribution in [1.29, 1.82) is 0 Å². The van der Waals surface area contributed by atoms with E-state index in [9.17, 15) is 9.90 Å². The van der Waals surface area contributed by atoms with Gasteiger partial charge < -0.3 is 9.84 Å². The zero-order valence-corrected chi connectivity index (χ0v) is 10.2. The number of piperidine rings is 1. The van der Waals surface area contributed by atoms with Gasteiger partial charge in [-0.2, -0.15) is 0 Å². The van der Waals surface area contributed by atoms with Crippen molar-refractivity contribution in [3.63, 3.8) is 0 Å². The molecule has 4 heteroatoms. The molecule has 0 aromatic rings. The second-order valence-corrected chi connectivity index (χ2v) is 5.38. The van der Waals surface area contributed by atoms with E-state index in [1.54, 1.807) is 0 Å². The number of ether oxygens (including phenoxy) is 1. The Labute approximate surface area is 96.6 Å². The van der Waals surface area contributed by atoms with Crippen LogP contribution in [-0.4, -0.2) is 47.3 Å². The molecule has 16 heavy (non-hydrogen) atoms. The second-order valence-electron chi connectivity index (χ2n) is 5.38. The van der Waals surface area contributed by atoms with Crippen molar-refractivity contribution in [3.8, 4) is 0 Å². The maximum atomic E-state index is 11.6. The number of nitrogens with zero attached hydrogens (tertiary/aromatic N) is 1. The number of hydrogen-bond acceptors (Lipinski definition) is 4. The molecule has 0 aromatic heterocycles. The van der Waals surface area contributed by atoms with Crippen LogP contribution >= 0.6 is 0 Å². The molecule has 0 radical (unpaired) electrons. The van der Waals surface area contributed by atoms with Crippen LogP contribution in [0.3, 0.4) is 0 Å². The van der Waals surface area contributed by atoms with Crippen molar-refractivity contribution in [1.82, 2.24) is 4.90 Å². The van der Waals surface area contributed by atoms with Crippen LogP contribution in [-0.2, 0) is 9.53 Å². The number of esters is 1. The summed E-state index contributed by atoms with van der Waals surface area (Å²) < 4.78 is 5.51. The van der Waals surface area contributed by atoms with Gasteiger partial charge in [0.2, 0.25) is 0 Å². The molecule has 4 atom stereocenters. The Balaban J connectivity index is 2.00. The van der Waals surface area contributed by atoms with Crippen LogP contribution in [0.15, 0.2) is 0 Å². The lowest BCUT2D eigenvalue weighted by atomic mass is 10.0. The third-order valence-electron chi connectivity index (χ3n) is 3.83. The Morgan fingerprint density at radius 2 is 2.06 bits per heavy atom. The minimum atomic E-state index is -0.228. The van der Waals surface area contributed by atoms with E-state index in [-0.39, 0.29) is 30.1 Å². The number of likely N-dealkylation sites (N-methyl/N-ethyl adjacent to an activating group) is 1. The van der Waals surface area contributed by atoms with Gasteiger partial charge in [0.05, 0.1) is 12.0 Å². The fourth-order valence-electron chi connectivity index (χ4n) is 2.81. The molecule has 92 valence electrons. The van der Waals surface area contributed by atoms with Crippen molar-refractivity contribution in [3.05, 3.63) is 0 Å². The quantitative estimate of drug-likeness (QED) is 0.708. The molecule has 0 aliphatic carbocycles. The zero-order valence-electron chi connectivity index (χ0n) is 10.2. The van der Waals surface area contributed by atoms with Crippen LogP contribution < -0.4 is 0 Å². The van der Waals surface area contributed by atoms with E-state index in [1.807, 2.05) is 13.8 Å². The Hall–Kier alpha value is -0.610. The van der Waals surface area contributed by atoms with Crippen molar-refractivity contribution in [2.45, 2.75) is 57.4 Å². The van der Waals surface area contributed by atoms with Crippen molar-refractivity contribution >= 4 is 5.97 Å². The van der Waals surface area contributed by atoms with Crippen LogP contribution in [0.2, 0.25) is 0 Å². The number of aliphatic hydroxyl groups excluding tert-OH is 1. The van der Waals surface area contributed by atoms with Gasteiger partial charge in [-0.3, -0.25) is 9.69 Å². The number of hydrogen-bond donors (Lipinski definition) is 1. The van der Waals surface area contributed by atoms with Crippen LogP contribution in [0.4, 0.5) is 0 Å². The number of carbonyl (C=O) groups is 1. The van der Waals surface area contributed by atoms with E-state index < -0.39 is 0 Å². The van der Waals surface area contributed by atoms with Gasteiger partial charge in [-0.05, 0) is 19.9 Å². The standard InChI is InChI=1S/C12H21NO3/c1-7(2)12(15)16-11-5-8-4-9(14)6-10(11)13(8)3/h7-11,14H,4-6H2,1-3H3/t8-,9?,10+,11?/m0/s1. The molecule has 2 aliphatic rings. The second kappa shape index (κ2) is 4.34. The first-order valence-corrected chi connectivity index (χ1v) is 6.09. The Morgan fingerprint density at radius 3 is 2.69 bits per heavy atom. The molecule has 2 unspecified atom stereocenters. The zero-order chi connectivity index (χ0) is 11.9. The first-order valence-electron chi connectivity index (χ1n) is 6.09. The maximum absolute atomic E-state index is 11.6. The third-order valence-corrected chi connectivity index (χ3v) is 3.83. The minimum Gasteiger partial charge on any atom is -0.460 e. The molecule has 0 spiro atoms. The lowest BCUT2D eigenvalue weighted by Gasteiger charge is -2.34. The molecule has 2 bridgehead atoms. The molecule has 1 N–H and O–H groups in total. The van der Waals surface area contributed by atoms with Crippen molar-refractivity contribution < 1.29 is 14.6 Å². The van der Waals surface area contributed by atoms with E-state index in [4.69, 9.17) is 4.74 Å². The molecular weight excluding hydrogens is 206 g/mol. The molecule has 2 heterocycles. The lowest BCUT2D eigenvalue weighted by molar-refractivity contribution is -0.154. The molecule has 4 nitrogen and oxygen atoms in total. The molecule has 0 saturated carbocycles. The summed E-state index contributed by atoms with van der Waals surface area (Å²) in [5.74, 6) is -0.198. The summed E-state index contributed by atoms with van der Waals surface area (Å²) in [6.07, 6.45) is 2.15. The monoisotopic (exact) mass is 227 g/mol. The van der Waals surface area contributed by atoms with Crippen LogP contribution in [0.5, 0.6) is 0 Å². The van der Waals surface area contributed by atoms with E-state index in [0.717, 1.165) is 19.3 Å². The Bertz CT molecular complexity index is 279. The van der Waals surface area contributed by atoms with Gasteiger partial charge in [-0.25, -0.2) is 0 Å². The summed E-state index contributed by atoms with van der Waals surface area (Å²) in [6.45, 7) is 3.70. The highest BCUT2D eigenvalue weighted by atomic mass is 16.5. The summed E-state index contributed by atoms with van der Waals surface area (Å²) in [4.78, 5) is 13.8. The van der Waals surface area contributed by atoms with Gasteiger partial charge in [0, 0.05) is 18.5 Å². The SMILES string of the molecule is CC(C)C(=O)OC1C[C@@H]2CC(O)C[C@H]1N2C. The molecule has 0 amide bonds. The summed E-state index contributed by atoms with van der Waals surface area (Å²) in [5.41, 5.74) is 0. The van der Waals surface area contributed by atoms with Crippen LogP contribution in [0.1, 0.15) is 33.1 Å². The topological polar surface area (TPSA) is 49.8 Å². The van der Waals surface area contributed by atoms with Gasteiger partial charge in [0.15, 0.2) is 0 Å². The molecular formula is C12H21NO3. The summed E-state index contributed by atoms with van der Waals surface area (Å²) in [7, 11) is 2.06. The highest BCUT2D eigenvalue weighted by molar-refractivity contribution is 5.71. The molecule has 0 aromatic carbocycles. The largest absolute Gasteiger partial charge is 0.460 e. The smallest absolute Gasteiger partial charge is 0.308 e. The Morgan fingerprint density at radius 1 is 1.38 bits per heavy atom. The fraction of sp³-hybridized carbons (Fsp3) is 0.917. The summed E-state index contributed by atoms with van der Waals surface area (Å²) >= 11 is 0. The number of aliphatic hydroxyl groups is 1. The van der Waals surface area contributed by atoms with Gasteiger partial charge in [0.1, 0.15) is 6.10 Å². The van der Waals surface area contributed by atoms with Crippen molar-refractivity contribution in [2.75, 3.05) is 7.05 Å². The molecule has 2 aliphatic heterocycles. The van der Waals surface area contributed by atoms with Crippen LogP contribution in [0, 0.1) is 5.92 Å². The predicted molar refractivity (Wildman–Crippen MR) is 59.9 cm³/mol. The van der Waals surface area contributed by atoms with Crippen molar-refractivity contribution in [2.24, 2.45) is 5.92 Å². The van der Waals surface area contributed by atoms with Gasteiger partial charge in [-0.15, -0.1) is 0 Å². The average molecular weight is 227 g/mol. The number of fused-ring (bicyclic) bond motifs is 2. The van der Waals surface area contributed by atoms with Gasteiger partial charge in [-0.1, -0.05) is 13.8 Å². The highest BCUT2D eigenvalue weighted by Crippen LogP contribution is 2.36. The average Bonchev–Trinajstić information content (AvgIpc) is 2.40. The van der Waals surface area contributed by atoms with Crippen LogP contribution in [0.25, 0.3) is 0 Å². The van der Waals surface area contributed by atoms with E-state index in [0.29, 0.717) is 6.04 Å². The lowest BCUT2D eigenvalue weighted by Crippen LogP contribution is -2.44. The normalized spacial score (nSPS) is 39.1. The number of carbonyl (C=O) groups excluding carboxylic acids is 1. The first kappa shape index (κ1) is 11.9. The fourth-order valence-corrected chi connectivity index (χ4v) is 2.81. The maximum Gasteiger partial charge on any atom is 0.308 e. The summed E-state index contributed by atoms with van der Waals surface area (Å²) in [6, 6.07) is 0.579. The minimum absolute atomic E-state index is 0.0259. The highest BCUT2D eigenvalue weighted by Gasteiger charge is 2.46.